The van der Waals surface area contributed by atoms with E-state index in [4.69, 9.17) is 14.5 Å². The number of methoxy groups -OCH3 is 2. The van der Waals surface area contributed by atoms with Crippen molar-refractivity contribution in [1.29, 1.82) is 0 Å². The van der Waals surface area contributed by atoms with Crippen LogP contribution in [0.1, 0.15) is 27.0 Å². The van der Waals surface area contributed by atoms with Crippen LogP contribution in [-0.4, -0.2) is 30.1 Å². The fraction of sp³-hybridized carbons (Fsp3) is 0.208. The number of ether oxygens (including phenoxy) is 2. The van der Waals surface area contributed by atoms with Crippen LogP contribution in [0, 0.1) is 13.8 Å². The number of fused-ring (bicyclic) bond motifs is 1. The highest BCUT2D eigenvalue weighted by Gasteiger charge is 2.23. The number of rotatable bonds is 6. The molecular weight excluding hydrogens is 410 g/mol. The molecule has 0 spiro atoms. The van der Waals surface area contributed by atoms with Crippen LogP contribution >= 0.6 is 11.3 Å². The highest BCUT2D eigenvalue weighted by molar-refractivity contribution is 7.22. The van der Waals surface area contributed by atoms with Gasteiger partial charge in [-0.25, -0.2) is 4.98 Å². The number of anilines is 1. The van der Waals surface area contributed by atoms with Crippen LogP contribution in [0.4, 0.5) is 5.13 Å². The molecule has 0 unspecified atom stereocenters. The van der Waals surface area contributed by atoms with Crippen molar-refractivity contribution in [3.63, 3.8) is 0 Å². The number of hydrogen-bond acceptors (Lipinski definition) is 6. The van der Waals surface area contributed by atoms with Crippen molar-refractivity contribution in [2.75, 3.05) is 19.1 Å². The number of aromatic nitrogens is 2. The fourth-order valence-corrected chi connectivity index (χ4v) is 4.38. The quantitative estimate of drug-likeness (QED) is 0.420. The molecule has 0 bridgehead atoms. The first-order valence-electron chi connectivity index (χ1n) is 9.81. The average molecular weight is 434 g/mol. The SMILES string of the molecule is COc1ccc(C(=O)N(Cc2cccnc2)c2nc3c(C)c(C)ccc3s2)cc1OC. The largest absolute Gasteiger partial charge is 0.493 e. The van der Waals surface area contributed by atoms with Crippen LogP contribution in [0.15, 0.2) is 54.9 Å². The van der Waals surface area contributed by atoms with Crippen molar-refractivity contribution in [2.24, 2.45) is 0 Å². The Balaban J connectivity index is 1.80. The summed E-state index contributed by atoms with van der Waals surface area (Å²) in [6.45, 7) is 4.48. The second-order valence-electron chi connectivity index (χ2n) is 7.17. The van der Waals surface area contributed by atoms with Gasteiger partial charge in [0.15, 0.2) is 16.6 Å². The van der Waals surface area contributed by atoms with Gasteiger partial charge in [0.2, 0.25) is 0 Å². The van der Waals surface area contributed by atoms with E-state index < -0.39 is 0 Å². The Morgan fingerprint density at radius 3 is 2.58 bits per heavy atom. The van der Waals surface area contributed by atoms with Crippen LogP contribution in [-0.2, 0) is 6.54 Å². The van der Waals surface area contributed by atoms with Crippen molar-refractivity contribution in [1.82, 2.24) is 9.97 Å². The first kappa shape index (κ1) is 20.8. The van der Waals surface area contributed by atoms with E-state index in [9.17, 15) is 4.79 Å². The summed E-state index contributed by atoms with van der Waals surface area (Å²) in [7, 11) is 3.12. The Labute approximate surface area is 185 Å². The van der Waals surface area contributed by atoms with Gasteiger partial charge in [-0.1, -0.05) is 23.5 Å². The minimum Gasteiger partial charge on any atom is -0.493 e. The van der Waals surface area contributed by atoms with Gasteiger partial charge >= 0.3 is 0 Å². The average Bonchev–Trinajstić information content (AvgIpc) is 3.24. The van der Waals surface area contributed by atoms with Gasteiger partial charge in [0.05, 0.1) is 31.0 Å². The highest BCUT2D eigenvalue weighted by Crippen LogP contribution is 2.34. The topological polar surface area (TPSA) is 64.5 Å². The third-order valence-electron chi connectivity index (χ3n) is 5.24. The molecule has 0 aliphatic heterocycles. The number of aryl methyl sites for hydroxylation is 2. The summed E-state index contributed by atoms with van der Waals surface area (Å²) < 4.78 is 11.7. The molecule has 158 valence electrons. The van der Waals surface area contributed by atoms with Gasteiger partial charge in [0.1, 0.15) is 0 Å². The maximum atomic E-state index is 13.6. The van der Waals surface area contributed by atoms with E-state index in [0.717, 1.165) is 21.3 Å². The fourth-order valence-electron chi connectivity index (χ4n) is 3.36. The summed E-state index contributed by atoms with van der Waals surface area (Å²) in [5, 5.41) is 0.646. The monoisotopic (exact) mass is 433 g/mol. The van der Waals surface area contributed by atoms with Gasteiger partial charge in [-0.05, 0) is 60.9 Å². The Morgan fingerprint density at radius 1 is 1.06 bits per heavy atom. The molecule has 0 aliphatic rings. The maximum absolute atomic E-state index is 13.6. The van der Waals surface area contributed by atoms with E-state index in [0.29, 0.717) is 28.7 Å². The molecular formula is C24H23N3O3S. The van der Waals surface area contributed by atoms with Gasteiger partial charge in [-0.15, -0.1) is 0 Å². The Kier molecular flexibility index (Phi) is 5.86. The zero-order valence-corrected chi connectivity index (χ0v) is 18.7. The third kappa shape index (κ3) is 4.09. The van der Waals surface area contributed by atoms with Crippen molar-refractivity contribution >= 4 is 32.6 Å². The van der Waals surface area contributed by atoms with Crippen LogP contribution < -0.4 is 14.4 Å². The Hall–Kier alpha value is -3.45. The van der Waals surface area contributed by atoms with Gasteiger partial charge in [-0.3, -0.25) is 14.7 Å². The van der Waals surface area contributed by atoms with E-state index in [1.165, 1.54) is 16.9 Å². The number of pyridine rings is 1. The van der Waals surface area contributed by atoms with E-state index in [1.54, 1.807) is 49.7 Å². The van der Waals surface area contributed by atoms with Crippen LogP contribution in [0.25, 0.3) is 10.2 Å². The zero-order chi connectivity index (χ0) is 22.0. The molecule has 0 saturated heterocycles. The molecule has 4 rings (SSSR count). The van der Waals surface area contributed by atoms with Crippen LogP contribution in [0.2, 0.25) is 0 Å². The zero-order valence-electron chi connectivity index (χ0n) is 17.9. The summed E-state index contributed by atoms with van der Waals surface area (Å²) >= 11 is 1.51. The smallest absolute Gasteiger partial charge is 0.260 e. The number of carbonyl (C=O) groups is 1. The van der Waals surface area contributed by atoms with E-state index >= 15 is 0 Å². The molecule has 6 nitrogen and oxygen atoms in total. The molecule has 0 atom stereocenters. The lowest BCUT2D eigenvalue weighted by molar-refractivity contribution is 0.0984. The molecule has 0 aliphatic carbocycles. The lowest BCUT2D eigenvalue weighted by atomic mass is 10.1. The van der Waals surface area contributed by atoms with Crippen molar-refractivity contribution in [2.45, 2.75) is 20.4 Å². The second kappa shape index (κ2) is 8.73. The maximum Gasteiger partial charge on any atom is 0.260 e. The van der Waals surface area contributed by atoms with Crippen LogP contribution in [0.5, 0.6) is 11.5 Å². The summed E-state index contributed by atoms with van der Waals surface area (Å²) in [6.07, 6.45) is 3.48. The van der Waals surface area contributed by atoms with E-state index in [1.807, 2.05) is 12.1 Å². The first-order chi connectivity index (χ1) is 15.0. The summed E-state index contributed by atoms with van der Waals surface area (Å²) in [5.41, 5.74) is 4.64. The minimum absolute atomic E-state index is 0.168. The van der Waals surface area contributed by atoms with Crippen molar-refractivity contribution in [3.8, 4) is 11.5 Å². The number of amides is 1. The highest BCUT2D eigenvalue weighted by atomic mass is 32.1. The molecule has 2 aromatic carbocycles. The summed E-state index contributed by atoms with van der Waals surface area (Å²) in [6, 6.07) is 13.1. The summed E-state index contributed by atoms with van der Waals surface area (Å²) in [4.78, 5) is 24.3. The number of thiazole rings is 1. The third-order valence-corrected chi connectivity index (χ3v) is 6.29. The number of benzene rings is 2. The molecule has 0 saturated carbocycles. The van der Waals surface area contributed by atoms with Gasteiger partial charge in [0, 0.05) is 18.0 Å². The lowest BCUT2D eigenvalue weighted by Gasteiger charge is -2.20. The minimum atomic E-state index is -0.168. The van der Waals surface area contributed by atoms with Crippen LogP contribution in [0.3, 0.4) is 0 Å². The molecule has 0 N–H and O–H groups in total. The Bertz CT molecular complexity index is 1240. The van der Waals surface area contributed by atoms with Crippen molar-refractivity contribution < 1.29 is 14.3 Å². The second-order valence-corrected chi connectivity index (χ2v) is 8.18. The van der Waals surface area contributed by atoms with E-state index in [-0.39, 0.29) is 5.91 Å². The summed E-state index contributed by atoms with van der Waals surface area (Å²) in [5.74, 6) is 0.910. The number of nitrogens with zero attached hydrogens (tertiary/aromatic N) is 3. The van der Waals surface area contributed by atoms with Gasteiger partial charge in [0.25, 0.3) is 5.91 Å². The standard InChI is InChI=1S/C24H23N3O3S/c1-15-7-10-21-22(16(15)2)26-24(31-21)27(14-17-6-5-11-25-13-17)23(28)18-8-9-19(29-3)20(12-18)30-4/h5-13H,14H2,1-4H3. The van der Waals surface area contributed by atoms with E-state index in [2.05, 4.69) is 31.0 Å². The molecule has 7 heteroatoms. The molecule has 4 aromatic rings. The van der Waals surface area contributed by atoms with Crippen molar-refractivity contribution in [3.05, 3.63) is 77.1 Å². The first-order valence-corrected chi connectivity index (χ1v) is 10.6. The van der Waals surface area contributed by atoms with Gasteiger partial charge in [-0.2, -0.15) is 0 Å². The molecule has 2 aromatic heterocycles. The predicted molar refractivity (Wildman–Crippen MR) is 123 cm³/mol. The normalized spacial score (nSPS) is 10.8. The molecule has 2 heterocycles. The molecule has 0 fully saturated rings. The number of hydrogen-bond donors (Lipinski definition) is 0. The molecule has 1 amide bonds. The number of carbonyl (C=O) groups excluding carboxylic acids is 1. The predicted octanol–water partition coefficient (Wildman–Crippen LogP) is 5.17. The van der Waals surface area contributed by atoms with Gasteiger partial charge < -0.3 is 9.47 Å². The lowest BCUT2D eigenvalue weighted by Crippen LogP contribution is -2.30. The molecule has 0 radical (unpaired) electrons. The Morgan fingerprint density at radius 2 is 1.87 bits per heavy atom. The molecule has 31 heavy (non-hydrogen) atoms.